The second-order valence-electron chi connectivity index (χ2n) is 5.32. The fourth-order valence-electron chi connectivity index (χ4n) is 2.51. The molecule has 0 bridgehead atoms. The number of benzene rings is 1. The minimum absolute atomic E-state index is 0.179. The van der Waals surface area contributed by atoms with E-state index in [1.54, 1.807) is 12.1 Å². The zero-order valence-corrected chi connectivity index (χ0v) is 10.9. The summed E-state index contributed by atoms with van der Waals surface area (Å²) >= 11 is 0. The molecule has 0 spiro atoms. The Labute approximate surface area is 107 Å². The van der Waals surface area contributed by atoms with Gasteiger partial charge in [-0.25, -0.2) is 4.79 Å². The van der Waals surface area contributed by atoms with Crippen molar-refractivity contribution in [2.45, 2.75) is 20.3 Å². The average molecular weight is 248 g/mol. The van der Waals surface area contributed by atoms with Crippen molar-refractivity contribution in [1.82, 2.24) is 0 Å². The maximum absolute atomic E-state index is 10.9. The number of anilines is 2. The molecule has 1 fully saturated rings. The van der Waals surface area contributed by atoms with Gasteiger partial charge in [0, 0.05) is 24.5 Å². The van der Waals surface area contributed by atoms with E-state index in [2.05, 4.69) is 18.7 Å². The largest absolute Gasteiger partial charge is 0.478 e. The summed E-state index contributed by atoms with van der Waals surface area (Å²) in [5.74, 6) is 0.427. The molecule has 1 atom stereocenters. The van der Waals surface area contributed by atoms with Crippen LogP contribution in [0.3, 0.4) is 0 Å². The van der Waals surface area contributed by atoms with Crippen molar-refractivity contribution < 1.29 is 9.90 Å². The average Bonchev–Trinajstić information content (AvgIpc) is 2.77. The Morgan fingerprint density at radius 1 is 1.50 bits per heavy atom. The molecule has 1 aliphatic heterocycles. The Morgan fingerprint density at radius 3 is 2.72 bits per heavy atom. The Hall–Kier alpha value is -1.71. The molecule has 3 N–H and O–H groups in total. The van der Waals surface area contributed by atoms with Crippen molar-refractivity contribution in [2.24, 2.45) is 11.8 Å². The van der Waals surface area contributed by atoms with Gasteiger partial charge >= 0.3 is 5.97 Å². The fourth-order valence-corrected chi connectivity index (χ4v) is 2.51. The summed E-state index contributed by atoms with van der Waals surface area (Å²) in [7, 11) is 0. The highest BCUT2D eigenvalue weighted by atomic mass is 16.4. The van der Waals surface area contributed by atoms with Gasteiger partial charge in [0.1, 0.15) is 0 Å². The highest BCUT2D eigenvalue weighted by Crippen LogP contribution is 2.30. The van der Waals surface area contributed by atoms with Gasteiger partial charge in [-0.1, -0.05) is 13.8 Å². The number of nitrogens with two attached hydrogens (primary N) is 1. The van der Waals surface area contributed by atoms with Crippen molar-refractivity contribution >= 4 is 17.3 Å². The summed E-state index contributed by atoms with van der Waals surface area (Å²) in [6, 6.07) is 5.21. The van der Waals surface area contributed by atoms with E-state index in [0.717, 1.165) is 18.8 Å². The number of carbonyl (C=O) groups is 1. The van der Waals surface area contributed by atoms with Crippen LogP contribution in [0.25, 0.3) is 0 Å². The normalized spacial score (nSPS) is 19.5. The molecule has 18 heavy (non-hydrogen) atoms. The van der Waals surface area contributed by atoms with Gasteiger partial charge in [0.15, 0.2) is 0 Å². The Kier molecular flexibility index (Phi) is 3.45. The van der Waals surface area contributed by atoms with Crippen LogP contribution in [0.1, 0.15) is 30.6 Å². The summed E-state index contributed by atoms with van der Waals surface area (Å²) in [6.07, 6.45) is 1.19. The van der Waals surface area contributed by atoms with Crippen molar-refractivity contribution in [1.29, 1.82) is 0 Å². The van der Waals surface area contributed by atoms with Crippen molar-refractivity contribution in [2.75, 3.05) is 23.7 Å². The molecule has 0 radical (unpaired) electrons. The lowest BCUT2D eigenvalue weighted by atomic mass is 9.95. The molecule has 1 aromatic rings. The first-order valence-electron chi connectivity index (χ1n) is 6.37. The lowest BCUT2D eigenvalue weighted by Crippen LogP contribution is -2.21. The molecule has 1 heterocycles. The van der Waals surface area contributed by atoms with Gasteiger partial charge in [-0.05, 0) is 36.5 Å². The van der Waals surface area contributed by atoms with E-state index in [-0.39, 0.29) is 5.56 Å². The maximum Gasteiger partial charge on any atom is 0.337 e. The zero-order valence-electron chi connectivity index (χ0n) is 10.9. The monoisotopic (exact) mass is 248 g/mol. The number of aromatic carboxylic acids is 1. The quantitative estimate of drug-likeness (QED) is 0.806. The number of carboxylic acids is 1. The number of nitrogen functional groups attached to an aromatic ring is 1. The van der Waals surface area contributed by atoms with Crippen LogP contribution < -0.4 is 10.6 Å². The Balaban J connectivity index is 2.16. The molecule has 2 rings (SSSR count). The van der Waals surface area contributed by atoms with Gasteiger partial charge in [0.25, 0.3) is 0 Å². The van der Waals surface area contributed by atoms with E-state index in [1.165, 1.54) is 6.42 Å². The van der Waals surface area contributed by atoms with Gasteiger partial charge in [-0.2, -0.15) is 0 Å². The molecule has 0 saturated carbocycles. The van der Waals surface area contributed by atoms with Gasteiger partial charge in [0.05, 0.1) is 5.56 Å². The van der Waals surface area contributed by atoms with Crippen LogP contribution in [-0.4, -0.2) is 24.2 Å². The molecule has 1 saturated heterocycles. The number of carboxylic acid groups (broad SMARTS) is 1. The molecule has 98 valence electrons. The van der Waals surface area contributed by atoms with Crippen LogP contribution in [0.4, 0.5) is 11.4 Å². The third-order valence-corrected chi connectivity index (χ3v) is 3.80. The zero-order chi connectivity index (χ0) is 13.3. The van der Waals surface area contributed by atoms with E-state index in [1.807, 2.05) is 6.07 Å². The Bertz CT molecular complexity index is 457. The van der Waals surface area contributed by atoms with E-state index >= 15 is 0 Å². The van der Waals surface area contributed by atoms with E-state index in [4.69, 9.17) is 10.8 Å². The topological polar surface area (TPSA) is 66.6 Å². The van der Waals surface area contributed by atoms with E-state index < -0.39 is 5.97 Å². The first-order valence-corrected chi connectivity index (χ1v) is 6.37. The van der Waals surface area contributed by atoms with Gasteiger partial charge in [-0.15, -0.1) is 0 Å². The number of nitrogens with zero attached hydrogens (tertiary/aromatic N) is 1. The molecule has 4 heteroatoms. The SMILES string of the molecule is CC(C)C1CCN(c2ccc(C(=O)O)c(N)c2)C1. The van der Waals surface area contributed by atoms with Crippen LogP contribution in [0, 0.1) is 11.8 Å². The smallest absolute Gasteiger partial charge is 0.337 e. The molecule has 1 aromatic carbocycles. The molecule has 0 aliphatic carbocycles. The number of hydrogen-bond donors (Lipinski definition) is 2. The van der Waals surface area contributed by atoms with Crippen molar-refractivity contribution in [3.63, 3.8) is 0 Å². The predicted molar refractivity (Wildman–Crippen MR) is 73.0 cm³/mol. The van der Waals surface area contributed by atoms with E-state index in [0.29, 0.717) is 17.5 Å². The second-order valence-corrected chi connectivity index (χ2v) is 5.32. The van der Waals surface area contributed by atoms with Crippen LogP contribution in [0.15, 0.2) is 18.2 Å². The van der Waals surface area contributed by atoms with Crippen LogP contribution in [-0.2, 0) is 0 Å². The first-order chi connectivity index (χ1) is 8.49. The molecule has 0 amide bonds. The number of rotatable bonds is 3. The van der Waals surface area contributed by atoms with Gasteiger partial charge < -0.3 is 15.7 Å². The minimum Gasteiger partial charge on any atom is -0.478 e. The molecule has 4 nitrogen and oxygen atoms in total. The van der Waals surface area contributed by atoms with E-state index in [9.17, 15) is 4.79 Å². The predicted octanol–water partition coefficient (Wildman–Crippen LogP) is 2.45. The van der Waals surface area contributed by atoms with Crippen LogP contribution >= 0.6 is 0 Å². The standard InChI is InChI=1S/C14H20N2O2/c1-9(2)10-5-6-16(8-10)11-3-4-12(14(17)18)13(15)7-11/h3-4,7,9-10H,5-6,8,15H2,1-2H3,(H,17,18). The van der Waals surface area contributed by atoms with Gasteiger partial charge in [0.2, 0.25) is 0 Å². The molecular formula is C14H20N2O2. The highest BCUT2D eigenvalue weighted by molar-refractivity contribution is 5.94. The third kappa shape index (κ3) is 2.42. The molecule has 1 aliphatic rings. The number of hydrogen-bond acceptors (Lipinski definition) is 3. The van der Waals surface area contributed by atoms with Crippen molar-refractivity contribution in [3.8, 4) is 0 Å². The molecule has 1 unspecified atom stereocenters. The summed E-state index contributed by atoms with van der Waals surface area (Å²) in [6.45, 7) is 6.55. The molecular weight excluding hydrogens is 228 g/mol. The highest BCUT2D eigenvalue weighted by Gasteiger charge is 2.25. The summed E-state index contributed by atoms with van der Waals surface area (Å²) in [5.41, 5.74) is 7.33. The first kappa shape index (κ1) is 12.7. The third-order valence-electron chi connectivity index (χ3n) is 3.80. The summed E-state index contributed by atoms with van der Waals surface area (Å²) in [4.78, 5) is 13.2. The maximum atomic E-state index is 10.9. The second kappa shape index (κ2) is 4.88. The lowest BCUT2D eigenvalue weighted by molar-refractivity contribution is 0.0698. The lowest BCUT2D eigenvalue weighted by Gasteiger charge is -2.20. The molecule has 0 aromatic heterocycles. The Morgan fingerprint density at radius 2 is 2.22 bits per heavy atom. The minimum atomic E-state index is -0.972. The van der Waals surface area contributed by atoms with Crippen molar-refractivity contribution in [3.05, 3.63) is 23.8 Å². The van der Waals surface area contributed by atoms with Gasteiger partial charge in [-0.3, -0.25) is 0 Å². The summed E-state index contributed by atoms with van der Waals surface area (Å²) < 4.78 is 0. The van der Waals surface area contributed by atoms with Crippen LogP contribution in [0.5, 0.6) is 0 Å². The summed E-state index contributed by atoms with van der Waals surface area (Å²) in [5, 5.41) is 8.94. The van der Waals surface area contributed by atoms with Crippen LogP contribution in [0.2, 0.25) is 0 Å². The fraction of sp³-hybridized carbons (Fsp3) is 0.500.